The quantitative estimate of drug-likeness (QED) is 0.890. The highest BCUT2D eigenvalue weighted by Crippen LogP contribution is 2.40. The fraction of sp³-hybridized carbons (Fsp3) is 0.471. The number of nitrogens with zero attached hydrogens (tertiary/aromatic N) is 3. The van der Waals surface area contributed by atoms with Gasteiger partial charge in [-0.2, -0.15) is 5.10 Å². The molecule has 2 aromatic rings. The van der Waals surface area contributed by atoms with Gasteiger partial charge in [0.2, 0.25) is 5.91 Å². The lowest BCUT2D eigenvalue weighted by atomic mass is 10.1. The van der Waals surface area contributed by atoms with Crippen LogP contribution >= 0.6 is 0 Å². The van der Waals surface area contributed by atoms with Crippen molar-refractivity contribution in [3.05, 3.63) is 47.5 Å². The molecule has 0 aromatic carbocycles. The molecule has 116 valence electrons. The van der Waals surface area contributed by atoms with Gasteiger partial charge in [-0.3, -0.25) is 14.5 Å². The van der Waals surface area contributed by atoms with E-state index < -0.39 is 0 Å². The molecule has 5 nitrogen and oxygen atoms in total. The van der Waals surface area contributed by atoms with Gasteiger partial charge in [0.05, 0.1) is 11.7 Å². The molecular weight excluding hydrogens is 276 g/mol. The lowest BCUT2D eigenvalue weighted by molar-refractivity contribution is -0.122. The maximum Gasteiger partial charge on any atom is 0.220 e. The Balaban J connectivity index is 1.61. The Morgan fingerprint density at radius 1 is 1.41 bits per heavy atom. The molecule has 3 rings (SSSR count). The summed E-state index contributed by atoms with van der Waals surface area (Å²) in [4.78, 5) is 16.9. The van der Waals surface area contributed by atoms with E-state index in [-0.39, 0.29) is 11.9 Å². The van der Waals surface area contributed by atoms with Gasteiger partial charge in [-0.05, 0) is 50.3 Å². The zero-order valence-corrected chi connectivity index (χ0v) is 13.1. The lowest BCUT2D eigenvalue weighted by Crippen LogP contribution is -2.30. The normalized spacial score (nSPS) is 15.5. The zero-order chi connectivity index (χ0) is 15.5. The van der Waals surface area contributed by atoms with Crippen LogP contribution in [0.2, 0.25) is 0 Å². The summed E-state index contributed by atoms with van der Waals surface area (Å²) in [6, 6.07) is 8.01. The number of rotatable bonds is 6. The Bertz CT molecular complexity index is 660. The molecule has 22 heavy (non-hydrogen) atoms. The Morgan fingerprint density at radius 3 is 2.86 bits per heavy atom. The standard InChI is InChI=1S/C17H22N4O/c1-12-4-3-5-15(19-12)17(13-6-7-13)20-16(22)9-8-14-10-11-18-21(14)2/h3-5,10-11,13,17H,6-9H2,1-2H3,(H,20,22)/t17-/m0/s1. The van der Waals surface area contributed by atoms with E-state index in [0.29, 0.717) is 18.8 Å². The lowest BCUT2D eigenvalue weighted by Gasteiger charge is -2.18. The first kappa shape index (κ1) is 14.8. The number of aromatic nitrogens is 3. The second kappa shape index (κ2) is 6.30. The molecule has 1 aliphatic rings. The smallest absolute Gasteiger partial charge is 0.220 e. The molecule has 0 aliphatic heterocycles. The van der Waals surface area contributed by atoms with Crippen LogP contribution < -0.4 is 5.32 Å². The summed E-state index contributed by atoms with van der Waals surface area (Å²) in [7, 11) is 1.90. The van der Waals surface area contributed by atoms with Crippen LogP contribution in [0.4, 0.5) is 0 Å². The maximum atomic E-state index is 12.3. The zero-order valence-electron chi connectivity index (χ0n) is 13.1. The molecule has 2 heterocycles. The first-order valence-corrected chi connectivity index (χ1v) is 7.83. The number of hydrogen-bond acceptors (Lipinski definition) is 3. The summed E-state index contributed by atoms with van der Waals surface area (Å²) in [6.45, 7) is 1.98. The molecular formula is C17H22N4O. The van der Waals surface area contributed by atoms with Crippen molar-refractivity contribution in [1.29, 1.82) is 0 Å². The molecule has 1 N–H and O–H groups in total. The van der Waals surface area contributed by atoms with Crippen molar-refractivity contribution >= 4 is 5.91 Å². The number of aryl methyl sites for hydroxylation is 3. The van der Waals surface area contributed by atoms with E-state index in [1.807, 2.05) is 42.9 Å². The largest absolute Gasteiger partial charge is 0.347 e. The molecule has 0 unspecified atom stereocenters. The third-order valence-corrected chi connectivity index (χ3v) is 4.17. The van der Waals surface area contributed by atoms with Crippen LogP contribution in [0.15, 0.2) is 30.5 Å². The summed E-state index contributed by atoms with van der Waals surface area (Å²) in [5.41, 5.74) is 3.05. The molecule has 0 bridgehead atoms. The van der Waals surface area contributed by atoms with Crippen molar-refractivity contribution in [3.63, 3.8) is 0 Å². The number of hydrogen-bond donors (Lipinski definition) is 1. The van der Waals surface area contributed by atoms with Crippen molar-refractivity contribution in [3.8, 4) is 0 Å². The average molecular weight is 298 g/mol. The van der Waals surface area contributed by atoms with Crippen LogP contribution in [0.1, 0.15) is 42.4 Å². The second-order valence-corrected chi connectivity index (χ2v) is 6.03. The Morgan fingerprint density at radius 2 is 2.23 bits per heavy atom. The van der Waals surface area contributed by atoms with Crippen molar-refractivity contribution in [2.24, 2.45) is 13.0 Å². The minimum atomic E-state index is 0.0546. The van der Waals surface area contributed by atoms with E-state index in [0.717, 1.165) is 17.1 Å². The number of carbonyl (C=O) groups is 1. The maximum absolute atomic E-state index is 12.3. The van der Waals surface area contributed by atoms with E-state index in [1.54, 1.807) is 6.20 Å². The molecule has 1 saturated carbocycles. The number of pyridine rings is 1. The third-order valence-electron chi connectivity index (χ3n) is 4.17. The SMILES string of the molecule is Cc1cccc([C@@H](NC(=O)CCc2ccnn2C)C2CC2)n1. The Kier molecular flexibility index (Phi) is 4.22. The third kappa shape index (κ3) is 3.53. The average Bonchev–Trinajstić information content (AvgIpc) is 3.25. The molecule has 1 aliphatic carbocycles. The Labute approximate surface area is 130 Å². The highest BCUT2D eigenvalue weighted by atomic mass is 16.1. The van der Waals surface area contributed by atoms with Gasteiger partial charge in [0, 0.05) is 31.1 Å². The van der Waals surface area contributed by atoms with Crippen LogP contribution in [0.25, 0.3) is 0 Å². The number of amides is 1. The summed E-state index contributed by atoms with van der Waals surface area (Å²) < 4.78 is 1.81. The molecule has 5 heteroatoms. The monoisotopic (exact) mass is 298 g/mol. The van der Waals surface area contributed by atoms with Crippen molar-refractivity contribution < 1.29 is 4.79 Å². The molecule has 0 saturated heterocycles. The summed E-state index contributed by atoms with van der Waals surface area (Å²) in [5.74, 6) is 0.622. The molecule has 1 fully saturated rings. The molecule has 0 spiro atoms. The highest BCUT2D eigenvalue weighted by Gasteiger charge is 2.34. The summed E-state index contributed by atoms with van der Waals surface area (Å²) in [5, 5.41) is 7.30. The molecule has 2 aromatic heterocycles. The van der Waals surface area contributed by atoms with E-state index in [9.17, 15) is 4.79 Å². The fourth-order valence-electron chi connectivity index (χ4n) is 2.73. The first-order chi connectivity index (χ1) is 10.6. The van der Waals surface area contributed by atoms with Gasteiger partial charge in [-0.1, -0.05) is 6.07 Å². The van der Waals surface area contributed by atoms with Crippen LogP contribution in [0.3, 0.4) is 0 Å². The van der Waals surface area contributed by atoms with Gasteiger partial charge in [0.1, 0.15) is 0 Å². The van der Waals surface area contributed by atoms with E-state index >= 15 is 0 Å². The van der Waals surface area contributed by atoms with E-state index in [2.05, 4.69) is 15.4 Å². The van der Waals surface area contributed by atoms with Gasteiger partial charge in [0.15, 0.2) is 0 Å². The van der Waals surface area contributed by atoms with Gasteiger partial charge >= 0.3 is 0 Å². The minimum absolute atomic E-state index is 0.0546. The van der Waals surface area contributed by atoms with E-state index in [1.165, 1.54) is 12.8 Å². The van der Waals surface area contributed by atoms with E-state index in [4.69, 9.17) is 0 Å². The van der Waals surface area contributed by atoms with Crippen molar-refractivity contribution in [1.82, 2.24) is 20.1 Å². The first-order valence-electron chi connectivity index (χ1n) is 7.83. The molecule has 1 atom stereocenters. The van der Waals surface area contributed by atoms with Gasteiger partial charge < -0.3 is 5.32 Å². The summed E-state index contributed by atoms with van der Waals surface area (Å²) >= 11 is 0. The number of nitrogens with one attached hydrogen (secondary N) is 1. The van der Waals surface area contributed by atoms with Crippen LogP contribution in [-0.2, 0) is 18.3 Å². The van der Waals surface area contributed by atoms with Gasteiger partial charge in [0.25, 0.3) is 0 Å². The Hall–Kier alpha value is -2.17. The van der Waals surface area contributed by atoms with Crippen LogP contribution in [0, 0.1) is 12.8 Å². The van der Waals surface area contributed by atoms with Crippen molar-refractivity contribution in [2.75, 3.05) is 0 Å². The predicted octanol–water partition coefficient (Wildman–Crippen LogP) is 2.32. The van der Waals surface area contributed by atoms with Crippen LogP contribution in [0.5, 0.6) is 0 Å². The van der Waals surface area contributed by atoms with Crippen molar-refractivity contribution in [2.45, 2.75) is 38.6 Å². The number of carbonyl (C=O) groups excluding carboxylic acids is 1. The second-order valence-electron chi connectivity index (χ2n) is 6.03. The fourth-order valence-corrected chi connectivity index (χ4v) is 2.73. The predicted molar refractivity (Wildman–Crippen MR) is 84.1 cm³/mol. The molecule has 1 amide bonds. The van der Waals surface area contributed by atoms with Gasteiger partial charge in [-0.15, -0.1) is 0 Å². The van der Waals surface area contributed by atoms with Crippen LogP contribution in [-0.4, -0.2) is 20.7 Å². The minimum Gasteiger partial charge on any atom is -0.347 e. The summed E-state index contributed by atoms with van der Waals surface area (Å²) in [6.07, 6.45) is 5.29. The van der Waals surface area contributed by atoms with Gasteiger partial charge in [-0.25, -0.2) is 0 Å². The highest BCUT2D eigenvalue weighted by molar-refractivity contribution is 5.76. The molecule has 0 radical (unpaired) electrons. The topological polar surface area (TPSA) is 59.8 Å².